The number of hydrogen-bond acceptors (Lipinski definition) is 18. The highest BCUT2D eigenvalue weighted by Gasteiger charge is 2.53. The zero-order valence-corrected chi connectivity index (χ0v) is 45.3. The predicted octanol–water partition coefficient (Wildman–Crippen LogP) is 4.43. The van der Waals surface area contributed by atoms with Crippen LogP contribution in [-0.2, 0) is 33.2 Å². The van der Waals surface area contributed by atoms with Crippen LogP contribution in [0, 0.1) is 0 Å². The number of amides is 1. The molecule has 0 spiro atoms. The number of aliphatic hydroxyl groups is 11. The van der Waals surface area contributed by atoms with Crippen LogP contribution in [0.15, 0.2) is 0 Å². The summed E-state index contributed by atoms with van der Waals surface area (Å²) >= 11 is 0. The molecule has 0 saturated carbocycles. The molecule has 74 heavy (non-hydrogen) atoms. The predicted molar refractivity (Wildman–Crippen MR) is 277 cm³/mol. The van der Waals surface area contributed by atoms with E-state index in [-0.39, 0.29) is 18.9 Å². The van der Waals surface area contributed by atoms with E-state index < -0.39 is 124 Å². The van der Waals surface area contributed by atoms with Gasteiger partial charge in [0.1, 0.15) is 73.2 Å². The van der Waals surface area contributed by atoms with E-state index >= 15 is 0 Å². The molecule has 3 aliphatic heterocycles. The molecular weight excluding hydrogens is 963 g/mol. The van der Waals surface area contributed by atoms with Crippen LogP contribution in [0.5, 0.6) is 0 Å². The molecule has 1 amide bonds. The number of carbonyl (C=O) groups excluding carboxylic acids is 1. The summed E-state index contributed by atoms with van der Waals surface area (Å²) in [5.41, 5.74) is 0. The minimum Gasteiger partial charge on any atom is -0.394 e. The van der Waals surface area contributed by atoms with Gasteiger partial charge in [0.25, 0.3) is 0 Å². The summed E-state index contributed by atoms with van der Waals surface area (Å²) in [5, 5.41) is 119. The van der Waals surface area contributed by atoms with Crippen molar-refractivity contribution in [1.29, 1.82) is 0 Å². The van der Waals surface area contributed by atoms with Crippen molar-refractivity contribution >= 4 is 5.91 Å². The molecule has 0 bridgehead atoms. The Morgan fingerprint density at radius 3 is 1.12 bits per heavy atom. The third kappa shape index (κ3) is 24.4. The number of aliphatic hydroxyl groups excluding tert-OH is 11. The number of nitrogens with one attached hydrogen (secondary N) is 1. The quantitative estimate of drug-likeness (QED) is 0.0376. The zero-order valence-electron chi connectivity index (χ0n) is 45.3. The average Bonchev–Trinajstić information content (AvgIpc) is 3.40. The minimum atomic E-state index is -1.97. The van der Waals surface area contributed by atoms with Gasteiger partial charge in [-0.15, -0.1) is 0 Å². The van der Waals surface area contributed by atoms with Crippen LogP contribution >= 0.6 is 0 Å². The van der Waals surface area contributed by atoms with Gasteiger partial charge in [-0.2, -0.15) is 0 Å². The first-order valence-corrected chi connectivity index (χ1v) is 29.3. The molecule has 17 unspecified atom stereocenters. The Bertz CT molecular complexity index is 1370. The molecule has 438 valence electrons. The first kappa shape index (κ1) is 67.1. The van der Waals surface area contributed by atoms with Crippen molar-refractivity contribution < 1.29 is 89.4 Å². The summed E-state index contributed by atoms with van der Waals surface area (Å²) in [5.74, 6) is -0.328. The molecule has 17 atom stereocenters. The van der Waals surface area contributed by atoms with Crippen LogP contribution in [0.1, 0.15) is 213 Å². The Kier molecular flexibility index (Phi) is 36.3. The molecule has 19 nitrogen and oxygen atoms in total. The van der Waals surface area contributed by atoms with E-state index in [1.807, 2.05) is 0 Å². The molecule has 12 N–H and O–H groups in total. The first-order valence-electron chi connectivity index (χ1n) is 29.3. The molecule has 3 saturated heterocycles. The van der Waals surface area contributed by atoms with Gasteiger partial charge in [0.2, 0.25) is 5.91 Å². The minimum absolute atomic E-state index is 0.150. The van der Waals surface area contributed by atoms with Crippen molar-refractivity contribution in [2.24, 2.45) is 0 Å². The average molecular weight is 1070 g/mol. The summed E-state index contributed by atoms with van der Waals surface area (Å²) in [6.45, 7) is 1.24. The second-order valence-electron chi connectivity index (χ2n) is 21.4. The van der Waals surface area contributed by atoms with Gasteiger partial charge in [-0.3, -0.25) is 4.79 Å². The second kappa shape index (κ2) is 40.0. The lowest BCUT2D eigenvalue weighted by Gasteiger charge is -2.48. The van der Waals surface area contributed by atoms with E-state index in [0.29, 0.717) is 6.42 Å². The Morgan fingerprint density at radius 1 is 0.432 bits per heavy atom. The maximum atomic E-state index is 12.4. The maximum Gasteiger partial charge on any atom is 0.220 e. The van der Waals surface area contributed by atoms with Gasteiger partial charge in [0.05, 0.1) is 38.6 Å². The van der Waals surface area contributed by atoms with Crippen molar-refractivity contribution in [3.8, 4) is 0 Å². The first-order chi connectivity index (χ1) is 35.8. The van der Waals surface area contributed by atoms with Gasteiger partial charge in [0.15, 0.2) is 18.9 Å². The van der Waals surface area contributed by atoms with Crippen molar-refractivity contribution in [1.82, 2.24) is 5.32 Å². The molecule has 0 aromatic rings. The standard InChI is InChI=1S/C55H105NO18/c1-3-5-6-7-8-9-10-11-12-13-14-15-16-17-18-19-20-21-22-23-24-25-26-27-28-29-30-31-32-33-39(60)38(56-43(61)4-2)37-69-53-49(67)46(64)51(41(35-58)71-53)74-55-50(68)47(65)52(42(36-59)72-55)73-54-48(66)45(63)44(62)40(34-57)70-54/h38-42,44-55,57-60,62-68H,3-37H2,1-2H3,(H,56,61). The maximum absolute atomic E-state index is 12.4. The van der Waals surface area contributed by atoms with Gasteiger partial charge in [-0.05, 0) is 6.42 Å². The Morgan fingerprint density at radius 2 is 0.757 bits per heavy atom. The third-order valence-corrected chi connectivity index (χ3v) is 15.2. The molecule has 19 heteroatoms. The number of ether oxygens (including phenoxy) is 6. The largest absolute Gasteiger partial charge is 0.394 e. The van der Waals surface area contributed by atoms with E-state index in [1.54, 1.807) is 6.92 Å². The van der Waals surface area contributed by atoms with Crippen LogP contribution in [0.25, 0.3) is 0 Å². The fraction of sp³-hybridized carbons (Fsp3) is 0.982. The summed E-state index contributed by atoms with van der Waals surface area (Å²) in [6, 6.07) is -0.878. The topological polar surface area (TPSA) is 307 Å². The van der Waals surface area contributed by atoms with E-state index in [1.165, 1.54) is 161 Å². The van der Waals surface area contributed by atoms with E-state index in [0.717, 1.165) is 25.7 Å². The molecular formula is C55H105NO18. The molecule has 0 radical (unpaired) electrons. The molecule has 3 rings (SSSR count). The van der Waals surface area contributed by atoms with Gasteiger partial charge >= 0.3 is 0 Å². The summed E-state index contributed by atoms with van der Waals surface area (Å²) < 4.78 is 33.9. The summed E-state index contributed by atoms with van der Waals surface area (Å²) in [7, 11) is 0. The zero-order chi connectivity index (χ0) is 54.1. The molecule has 3 heterocycles. The molecule has 0 aromatic heterocycles. The van der Waals surface area contributed by atoms with Crippen LogP contribution in [0.4, 0.5) is 0 Å². The van der Waals surface area contributed by atoms with E-state index in [4.69, 9.17) is 28.4 Å². The van der Waals surface area contributed by atoms with Crippen LogP contribution in [-0.4, -0.2) is 193 Å². The van der Waals surface area contributed by atoms with Crippen molar-refractivity contribution in [2.75, 3.05) is 26.4 Å². The molecule has 3 aliphatic rings. The fourth-order valence-corrected chi connectivity index (χ4v) is 10.3. The lowest BCUT2D eigenvalue weighted by atomic mass is 9.96. The number of hydrogen-bond donors (Lipinski definition) is 12. The highest BCUT2D eigenvalue weighted by molar-refractivity contribution is 5.75. The van der Waals surface area contributed by atoms with Gasteiger partial charge in [-0.25, -0.2) is 0 Å². The van der Waals surface area contributed by atoms with Crippen molar-refractivity contribution in [3.05, 3.63) is 0 Å². The lowest BCUT2D eigenvalue weighted by molar-refractivity contribution is -0.379. The highest BCUT2D eigenvalue weighted by atomic mass is 16.8. The number of unbranched alkanes of at least 4 members (excludes halogenated alkanes) is 28. The molecule has 3 fully saturated rings. The van der Waals surface area contributed by atoms with Crippen LogP contribution in [0.2, 0.25) is 0 Å². The fourth-order valence-electron chi connectivity index (χ4n) is 10.3. The Balaban J connectivity index is 1.26. The van der Waals surface area contributed by atoms with Gasteiger partial charge < -0.3 is 89.9 Å². The number of rotatable bonds is 43. The second-order valence-corrected chi connectivity index (χ2v) is 21.4. The van der Waals surface area contributed by atoms with E-state index in [2.05, 4.69) is 12.2 Å². The SMILES string of the molecule is CCCCCCCCCCCCCCCCCCCCCCCCCCCCCCCC(O)C(COC1OC(CO)C(OC2OC(CO)C(OC3OC(CO)C(O)C(O)C3O)C(O)C2O)C(O)C1O)NC(=O)CC. The number of carbonyl (C=O) groups is 1. The van der Waals surface area contributed by atoms with Crippen molar-refractivity contribution in [3.63, 3.8) is 0 Å². The normalized spacial score (nSPS) is 31.4. The summed E-state index contributed by atoms with van der Waals surface area (Å²) in [6.07, 6.45) is 12.3. The molecule has 0 aromatic carbocycles. The highest BCUT2D eigenvalue weighted by Crippen LogP contribution is 2.33. The summed E-state index contributed by atoms with van der Waals surface area (Å²) in [4.78, 5) is 12.4. The monoisotopic (exact) mass is 1070 g/mol. The Labute approximate surface area is 443 Å². The van der Waals surface area contributed by atoms with Crippen molar-refractivity contribution in [2.45, 2.75) is 317 Å². The molecule has 0 aliphatic carbocycles. The van der Waals surface area contributed by atoms with Crippen LogP contribution in [0.3, 0.4) is 0 Å². The van der Waals surface area contributed by atoms with E-state index in [9.17, 15) is 61.0 Å². The van der Waals surface area contributed by atoms with Gasteiger partial charge in [-0.1, -0.05) is 200 Å². The smallest absolute Gasteiger partial charge is 0.220 e. The van der Waals surface area contributed by atoms with Crippen LogP contribution < -0.4 is 5.32 Å². The van der Waals surface area contributed by atoms with Gasteiger partial charge in [0, 0.05) is 6.42 Å². The third-order valence-electron chi connectivity index (χ3n) is 15.2. The Hall–Kier alpha value is -1.21. The lowest BCUT2D eigenvalue weighted by Crippen LogP contribution is -2.66.